The molecule has 0 unspecified atom stereocenters. The molecule has 8 heteroatoms. The van der Waals surface area contributed by atoms with E-state index in [4.69, 9.17) is 9.97 Å². The molecule has 0 amide bonds. The van der Waals surface area contributed by atoms with Crippen molar-refractivity contribution in [1.29, 1.82) is 5.26 Å². The van der Waals surface area contributed by atoms with Crippen LogP contribution in [0.1, 0.15) is 17.2 Å². The summed E-state index contributed by atoms with van der Waals surface area (Å²) < 4.78 is 9.24. The fourth-order valence-electron chi connectivity index (χ4n) is 11.1. The van der Waals surface area contributed by atoms with Crippen molar-refractivity contribution in [3.05, 3.63) is 211 Å². The second-order valence-corrected chi connectivity index (χ2v) is 17.6. The Kier molecular flexibility index (Phi) is 8.01. The van der Waals surface area contributed by atoms with Gasteiger partial charge in [-0.3, -0.25) is 0 Å². The first kappa shape index (κ1) is 38.0. The van der Waals surface area contributed by atoms with E-state index in [-0.39, 0.29) is 0 Å². The van der Waals surface area contributed by atoms with E-state index in [0.717, 1.165) is 94.0 Å². The SMILES string of the molecule is Cc1nc(C)nc(-c2cc(-n3c4ccccc4c4ccc(-n5c6ccccc6c6ccccc65)cc43)c(C#N)c(-n3c4ccccc4c4ccc(-n5c6ccccc6c6ccccc65)cc43)c2)n1. The summed E-state index contributed by atoms with van der Waals surface area (Å²) in [6, 6.07) is 71.7. The molecule has 14 rings (SSSR count). The molecule has 9 aromatic carbocycles. The first-order valence-corrected chi connectivity index (χ1v) is 22.8. The van der Waals surface area contributed by atoms with Gasteiger partial charge in [0.15, 0.2) is 5.82 Å². The third-order valence-corrected chi connectivity index (χ3v) is 13.8. The van der Waals surface area contributed by atoms with E-state index in [9.17, 15) is 5.26 Å². The molecular weight excluding hydrogens is 833 g/mol. The molecular formula is C60H38N8. The van der Waals surface area contributed by atoms with Crippen LogP contribution in [0.3, 0.4) is 0 Å². The number of rotatable bonds is 5. The summed E-state index contributed by atoms with van der Waals surface area (Å²) in [5, 5.41) is 20.9. The van der Waals surface area contributed by atoms with Gasteiger partial charge in [-0.15, -0.1) is 0 Å². The summed E-state index contributed by atoms with van der Waals surface area (Å²) in [6.07, 6.45) is 0. The molecule has 0 fully saturated rings. The molecule has 5 aromatic heterocycles. The van der Waals surface area contributed by atoms with Crippen molar-refractivity contribution in [3.8, 4) is 40.2 Å². The molecule has 14 aromatic rings. The maximum absolute atomic E-state index is 11.8. The van der Waals surface area contributed by atoms with Gasteiger partial charge >= 0.3 is 0 Å². The maximum atomic E-state index is 11.8. The van der Waals surface area contributed by atoms with Crippen molar-refractivity contribution in [2.24, 2.45) is 0 Å². The molecule has 0 N–H and O–H groups in total. The van der Waals surface area contributed by atoms with Gasteiger partial charge in [-0.1, -0.05) is 121 Å². The van der Waals surface area contributed by atoms with Gasteiger partial charge in [0, 0.05) is 60.0 Å². The van der Waals surface area contributed by atoms with Crippen molar-refractivity contribution < 1.29 is 0 Å². The smallest absolute Gasteiger partial charge is 0.163 e. The van der Waals surface area contributed by atoms with Gasteiger partial charge in [0.1, 0.15) is 23.3 Å². The predicted molar refractivity (Wildman–Crippen MR) is 277 cm³/mol. The molecule has 0 atom stereocenters. The number of hydrogen-bond donors (Lipinski definition) is 0. The highest BCUT2D eigenvalue weighted by molar-refractivity contribution is 6.14. The van der Waals surface area contributed by atoms with Crippen LogP contribution >= 0.6 is 0 Å². The predicted octanol–water partition coefficient (Wildman–Crippen LogP) is 14.4. The number of fused-ring (bicyclic) bond motifs is 12. The summed E-state index contributed by atoms with van der Waals surface area (Å²) in [4.78, 5) is 14.4. The van der Waals surface area contributed by atoms with Crippen LogP contribution in [-0.2, 0) is 0 Å². The second kappa shape index (κ2) is 14.3. The normalized spacial score (nSPS) is 12.0. The van der Waals surface area contributed by atoms with E-state index in [1.54, 1.807) is 0 Å². The van der Waals surface area contributed by atoms with E-state index in [1.165, 1.54) is 21.5 Å². The first-order valence-electron chi connectivity index (χ1n) is 22.8. The molecule has 0 bridgehead atoms. The number of para-hydroxylation sites is 6. The van der Waals surface area contributed by atoms with Crippen molar-refractivity contribution >= 4 is 87.2 Å². The van der Waals surface area contributed by atoms with E-state index in [0.29, 0.717) is 23.0 Å². The average molecular weight is 871 g/mol. The zero-order valence-corrected chi connectivity index (χ0v) is 37.1. The topological polar surface area (TPSA) is 82.2 Å². The Hall–Kier alpha value is -9.32. The van der Waals surface area contributed by atoms with Crippen LogP contribution in [0.2, 0.25) is 0 Å². The zero-order chi connectivity index (χ0) is 45.2. The minimum Gasteiger partial charge on any atom is -0.309 e. The van der Waals surface area contributed by atoms with Crippen LogP contribution < -0.4 is 0 Å². The Morgan fingerprint density at radius 2 is 0.647 bits per heavy atom. The molecule has 0 saturated carbocycles. The molecule has 8 nitrogen and oxygen atoms in total. The summed E-state index contributed by atoms with van der Waals surface area (Å²) in [5.41, 5.74) is 13.2. The second-order valence-electron chi connectivity index (χ2n) is 17.6. The third kappa shape index (κ3) is 5.38. The Bertz CT molecular complexity index is 4120. The van der Waals surface area contributed by atoms with Crippen molar-refractivity contribution in [1.82, 2.24) is 33.2 Å². The number of aromatic nitrogens is 7. The average Bonchev–Trinajstić information content (AvgIpc) is 4.10. The lowest BCUT2D eigenvalue weighted by atomic mass is 10.0. The van der Waals surface area contributed by atoms with Crippen LogP contribution in [0.4, 0.5) is 0 Å². The molecule has 0 spiro atoms. The number of nitrogens with zero attached hydrogens (tertiary/aromatic N) is 8. The van der Waals surface area contributed by atoms with Gasteiger partial charge in [-0.05, 0) is 86.6 Å². The van der Waals surface area contributed by atoms with Crippen LogP contribution in [0, 0.1) is 25.2 Å². The molecule has 318 valence electrons. The fourth-order valence-corrected chi connectivity index (χ4v) is 11.1. The number of aryl methyl sites for hydroxylation is 2. The quantitative estimate of drug-likeness (QED) is 0.172. The standard InChI is InChI=1S/C60H38N8/c1-36-62-37(2)64-60(63-36)38-31-56(67-54-25-13-7-19-45(54)47-29-27-39(33-58(47)67)65-50-21-9-3-15-41(50)42-16-4-10-22-51(42)65)49(35-61)57(32-38)68-55-26-14-8-20-46(55)48-30-28-40(34-59(48)68)66-52-23-11-5-17-43(52)44-18-6-12-24-53(44)66/h3-34H,1-2H3. The van der Waals surface area contributed by atoms with Gasteiger partial charge in [-0.25, -0.2) is 15.0 Å². The molecule has 0 aliphatic heterocycles. The Balaban J connectivity index is 1.10. The van der Waals surface area contributed by atoms with Gasteiger partial charge in [0.05, 0.1) is 55.5 Å². The lowest BCUT2D eigenvalue weighted by Gasteiger charge is -2.18. The van der Waals surface area contributed by atoms with E-state index < -0.39 is 0 Å². The van der Waals surface area contributed by atoms with E-state index in [2.05, 4.69) is 223 Å². The first-order chi connectivity index (χ1) is 33.5. The van der Waals surface area contributed by atoms with Gasteiger partial charge in [0.2, 0.25) is 0 Å². The fraction of sp³-hybridized carbons (Fsp3) is 0.0333. The van der Waals surface area contributed by atoms with Crippen LogP contribution in [-0.4, -0.2) is 33.2 Å². The molecule has 0 aliphatic rings. The Labute approximate surface area is 389 Å². The minimum absolute atomic E-state index is 0.520. The summed E-state index contributed by atoms with van der Waals surface area (Å²) in [5.74, 6) is 1.79. The molecule has 0 radical (unpaired) electrons. The summed E-state index contributed by atoms with van der Waals surface area (Å²) >= 11 is 0. The summed E-state index contributed by atoms with van der Waals surface area (Å²) in [7, 11) is 0. The molecule has 68 heavy (non-hydrogen) atoms. The largest absolute Gasteiger partial charge is 0.309 e. The van der Waals surface area contributed by atoms with E-state index in [1.807, 2.05) is 13.8 Å². The highest BCUT2D eigenvalue weighted by Gasteiger charge is 2.25. The van der Waals surface area contributed by atoms with Crippen LogP contribution in [0.25, 0.3) is 121 Å². The van der Waals surface area contributed by atoms with Crippen LogP contribution in [0.15, 0.2) is 194 Å². The molecule has 0 saturated heterocycles. The number of hydrogen-bond acceptors (Lipinski definition) is 4. The van der Waals surface area contributed by atoms with Gasteiger partial charge in [-0.2, -0.15) is 5.26 Å². The monoisotopic (exact) mass is 870 g/mol. The lowest BCUT2D eigenvalue weighted by molar-refractivity contribution is 0.927. The van der Waals surface area contributed by atoms with E-state index >= 15 is 0 Å². The lowest BCUT2D eigenvalue weighted by Crippen LogP contribution is -2.07. The number of benzene rings is 9. The highest BCUT2D eigenvalue weighted by Crippen LogP contribution is 2.42. The van der Waals surface area contributed by atoms with Gasteiger partial charge < -0.3 is 18.3 Å². The minimum atomic E-state index is 0.520. The Morgan fingerprint density at radius 3 is 0.985 bits per heavy atom. The molecule has 0 aliphatic carbocycles. The molecule has 5 heterocycles. The van der Waals surface area contributed by atoms with Crippen molar-refractivity contribution in [2.75, 3.05) is 0 Å². The Morgan fingerprint density at radius 1 is 0.338 bits per heavy atom. The zero-order valence-electron chi connectivity index (χ0n) is 37.1. The van der Waals surface area contributed by atoms with Crippen LogP contribution in [0.5, 0.6) is 0 Å². The highest BCUT2D eigenvalue weighted by atomic mass is 15.1. The summed E-state index contributed by atoms with van der Waals surface area (Å²) in [6.45, 7) is 3.80. The van der Waals surface area contributed by atoms with Gasteiger partial charge in [0.25, 0.3) is 0 Å². The van der Waals surface area contributed by atoms with Crippen molar-refractivity contribution in [3.63, 3.8) is 0 Å². The number of nitriles is 1. The maximum Gasteiger partial charge on any atom is 0.163 e. The third-order valence-electron chi connectivity index (χ3n) is 13.8. The van der Waals surface area contributed by atoms with Crippen molar-refractivity contribution in [2.45, 2.75) is 13.8 Å².